The predicted molar refractivity (Wildman–Crippen MR) is 91.0 cm³/mol. The molecule has 3 rings (SSSR count). The summed E-state index contributed by atoms with van der Waals surface area (Å²) in [6.45, 7) is 2.01. The molecule has 0 aromatic carbocycles. The summed E-state index contributed by atoms with van der Waals surface area (Å²) in [7, 11) is 1.26. The van der Waals surface area contributed by atoms with Crippen LogP contribution in [0.15, 0.2) is 46.8 Å². The number of H-pyrrole nitrogens is 1. The summed E-state index contributed by atoms with van der Waals surface area (Å²) in [4.78, 5) is 32.0. The second kappa shape index (κ2) is 6.80. The highest BCUT2D eigenvalue weighted by atomic mass is 16.5. The summed E-state index contributed by atoms with van der Waals surface area (Å²) in [5.41, 5.74) is 7.51. The fraction of sp³-hybridized carbons (Fsp3) is 0.278. The molecule has 0 aliphatic carbocycles. The lowest BCUT2D eigenvalue weighted by atomic mass is 9.84. The van der Waals surface area contributed by atoms with Gasteiger partial charge in [-0.05, 0) is 18.1 Å². The van der Waals surface area contributed by atoms with Crippen LogP contribution in [-0.4, -0.2) is 23.0 Å². The minimum absolute atomic E-state index is 0.0683. The fourth-order valence-electron chi connectivity index (χ4n) is 3.03. The van der Waals surface area contributed by atoms with Crippen molar-refractivity contribution in [2.45, 2.75) is 25.7 Å². The van der Waals surface area contributed by atoms with Crippen molar-refractivity contribution in [3.63, 3.8) is 0 Å². The van der Waals surface area contributed by atoms with E-state index in [0.717, 1.165) is 12.1 Å². The summed E-state index contributed by atoms with van der Waals surface area (Å²) < 4.78 is 10.4. The van der Waals surface area contributed by atoms with Crippen LogP contribution in [0.2, 0.25) is 0 Å². The van der Waals surface area contributed by atoms with Crippen LogP contribution in [0.3, 0.4) is 0 Å². The second-order valence-corrected chi connectivity index (χ2v) is 5.74. The zero-order valence-corrected chi connectivity index (χ0v) is 14.0. The average Bonchev–Trinajstić information content (AvgIpc) is 2.61. The minimum Gasteiger partial charge on any atom is -0.465 e. The minimum atomic E-state index is -0.704. The van der Waals surface area contributed by atoms with E-state index >= 15 is 0 Å². The maximum absolute atomic E-state index is 12.7. The molecule has 0 saturated carbocycles. The van der Waals surface area contributed by atoms with Crippen LogP contribution in [0.1, 0.15) is 36.1 Å². The van der Waals surface area contributed by atoms with Crippen molar-refractivity contribution >= 4 is 5.97 Å². The third-order valence-corrected chi connectivity index (χ3v) is 4.09. The molecule has 25 heavy (non-hydrogen) atoms. The maximum atomic E-state index is 12.7. The number of aromatic amines is 1. The Morgan fingerprint density at radius 3 is 2.92 bits per heavy atom. The van der Waals surface area contributed by atoms with Crippen LogP contribution in [0.25, 0.3) is 0 Å². The highest BCUT2D eigenvalue weighted by Gasteiger charge is 2.37. The topological polar surface area (TPSA) is 107 Å². The number of hydrogen-bond acceptors (Lipinski definition) is 6. The number of aryl methyl sites for hydroxylation is 1. The molecular weight excluding hydrogens is 322 g/mol. The quantitative estimate of drug-likeness (QED) is 0.818. The normalized spacial score (nSPS) is 16.2. The van der Waals surface area contributed by atoms with Crippen molar-refractivity contribution in [2.75, 3.05) is 7.11 Å². The molecule has 1 aliphatic rings. The maximum Gasteiger partial charge on any atom is 0.340 e. The van der Waals surface area contributed by atoms with E-state index < -0.39 is 11.9 Å². The van der Waals surface area contributed by atoms with Crippen LogP contribution >= 0.6 is 0 Å². The molecule has 0 bridgehead atoms. The third kappa shape index (κ3) is 3.00. The molecule has 1 unspecified atom stereocenters. The van der Waals surface area contributed by atoms with Gasteiger partial charge in [0, 0.05) is 24.2 Å². The first-order valence-corrected chi connectivity index (χ1v) is 7.98. The number of nitrogens with one attached hydrogen (secondary N) is 1. The first-order valence-electron chi connectivity index (χ1n) is 7.98. The lowest BCUT2D eigenvalue weighted by Crippen LogP contribution is -2.32. The van der Waals surface area contributed by atoms with Gasteiger partial charge in [0.2, 0.25) is 5.88 Å². The highest BCUT2D eigenvalue weighted by Crippen LogP contribution is 2.40. The number of carbonyl (C=O) groups is 1. The van der Waals surface area contributed by atoms with Gasteiger partial charge in [0.25, 0.3) is 5.56 Å². The number of hydrogen-bond donors (Lipinski definition) is 2. The van der Waals surface area contributed by atoms with Gasteiger partial charge in [-0.1, -0.05) is 19.4 Å². The van der Waals surface area contributed by atoms with E-state index in [1.807, 2.05) is 6.92 Å². The number of ether oxygens (including phenoxy) is 2. The van der Waals surface area contributed by atoms with E-state index in [1.165, 1.54) is 7.11 Å². The van der Waals surface area contributed by atoms with Gasteiger partial charge in [0.1, 0.15) is 11.3 Å². The number of pyridine rings is 2. The molecule has 1 aliphatic heterocycles. The van der Waals surface area contributed by atoms with Crippen molar-refractivity contribution < 1.29 is 14.3 Å². The van der Waals surface area contributed by atoms with E-state index in [-0.39, 0.29) is 17.0 Å². The van der Waals surface area contributed by atoms with Crippen LogP contribution in [0.5, 0.6) is 5.75 Å². The molecule has 7 heteroatoms. The highest BCUT2D eigenvalue weighted by molar-refractivity contribution is 5.92. The van der Waals surface area contributed by atoms with Gasteiger partial charge in [-0.2, -0.15) is 0 Å². The number of esters is 1. The van der Waals surface area contributed by atoms with Gasteiger partial charge in [-0.25, -0.2) is 4.79 Å². The summed E-state index contributed by atoms with van der Waals surface area (Å²) in [6, 6.07) is 5.27. The number of nitrogens with two attached hydrogens (primary N) is 1. The summed E-state index contributed by atoms with van der Waals surface area (Å²) in [6.07, 6.45) is 4.79. The number of rotatable bonds is 4. The molecule has 0 fully saturated rings. The van der Waals surface area contributed by atoms with Gasteiger partial charge in [0.15, 0.2) is 0 Å². The van der Waals surface area contributed by atoms with Crippen molar-refractivity contribution in [2.24, 2.45) is 5.73 Å². The largest absolute Gasteiger partial charge is 0.465 e. The third-order valence-electron chi connectivity index (χ3n) is 4.09. The van der Waals surface area contributed by atoms with Crippen molar-refractivity contribution in [3.05, 3.63) is 69.2 Å². The van der Waals surface area contributed by atoms with Crippen molar-refractivity contribution in [1.82, 2.24) is 9.97 Å². The van der Waals surface area contributed by atoms with E-state index in [0.29, 0.717) is 23.3 Å². The standard InChI is InChI=1S/C18H19N3O4/c1-3-5-11-8-12-14(17(22)21-11)13(10-6-4-7-20-9-10)15(16(19)25-12)18(23)24-2/h4,6-9,13H,3,5,19H2,1-2H3,(H,21,22). The smallest absolute Gasteiger partial charge is 0.340 e. The molecule has 2 aromatic heterocycles. The van der Waals surface area contributed by atoms with Crippen LogP contribution in [0.4, 0.5) is 0 Å². The molecule has 0 saturated heterocycles. The number of fused-ring (bicyclic) bond motifs is 1. The van der Waals surface area contributed by atoms with E-state index in [1.54, 1.807) is 30.6 Å². The summed E-state index contributed by atoms with van der Waals surface area (Å²) in [5, 5.41) is 0. The lowest BCUT2D eigenvalue weighted by Gasteiger charge is -2.27. The Labute approximate surface area is 144 Å². The number of aromatic nitrogens is 2. The van der Waals surface area contributed by atoms with Crippen LogP contribution < -0.4 is 16.0 Å². The van der Waals surface area contributed by atoms with Gasteiger partial charge in [0.05, 0.1) is 18.6 Å². The van der Waals surface area contributed by atoms with Gasteiger partial charge in [-0.15, -0.1) is 0 Å². The Kier molecular flexibility index (Phi) is 4.56. The van der Waals surface area contributed by atoms with Gasteiger partial charge < -0.3 is 20.2 Å². The Hall–Kier alpha value is -3.09. The SMILES string of the molecule is CCCc1cc2c(c(=O)[nH]1)C(c1cccnc1)C(C(=O)OC)=C(N)O2. The molecule has 3 heterocycles. The molecule has 0 radical (unpaired) electrons. The Bertz CT molecular complexity index is 887. The predicted octanol–water partition coefficient (Wildman–Crippen LogP) is 1.59. The Morgan fingerprint density at radius 2 is 2.28 bits per heavy atom. The second-order valence-electron chi connectivity index (χ2n) is 5.74. The Balaban J connectivity index is 2.25. The van der Waals surface area contributed by atoms with Crippen LogP contribution in [0, 0.1) is 0 Å². The van der Waals surface area contributed by atoms with Crippen LogP contribution in [-0.2, 0) is 16.0 Å². The van der Waals surface area contributed by atoms with Crippen molar-refractivity contribution in [3.8, 4) is 5.75 Å². The van der Waals surface area contributed by atoms with Gasteiger partial charge in [-0.3, -0.25) is 9.78 Å². The Morgan fingerprint density at radius 1 is 1.48 bits per heavy atom. The zero-order chi connectivity index (χ0) is 18.0. The molecular formula is C18H19N3O4. The summed E-state index contributed by atoms with van der Waals surface area (Å²) in [5.74, 6) is -1.06. The number of nitrogens with zero attached hydrogens (tertiary/aromatic N) is 1. The molecule has 130 valence electrons. The first kappa shape index (κ1) is 16.8. The first-order chi connectivity index (χ1) is 12.1. The fourth-order valence-corrected chi connectivity index (χ4v) is 3.03. The van der Waals surface area contributed by atoms with E-state index in [2.05, 4.69) is 9.97 Å². The van der Waals surface area contributed by atoms with E-state index in [4.69, 9.17) is 15.2 Å². The monoisotopic (exact) mass is 341 g/mol. The molecule has 7 nitrogen and oxygen atoms in total. The number of carbonyl (C=O) groups excluding carboxylic acids is 1. The molecule has 3 N–H and O–H groups in total. The lowest BCUT2D eigenvalue weighted by molar-refractivity contribution is -0.136. The number of methoxy groups -OCH3 is 1. The molecule has 0 amide bonds. The zero-order valence-electron chi connectivity index (χ0n) is 14.0. The molecule has 0 spiro atoms. The average molecular weight is 341 g/mol. The van der Waals surface area contributed by atoms with E-state index in [9.17, 15) is 9.59 Å². The van der Waals surface area contributed by atoms with Crippen molar-refractivity contribution in [1.29, 1.82) is 0 Å². The van der Waals surface area contributed by atoms with Gasteiger partial charge >= 0.3 is 5.97 Å². The molecule has 2 aromatic rings. The summed E-state index contributed by atoms with van der Waals surface area (Å²) >= 11 is 0. The molecule has 1 atom stereocenters.